The Morgan fingerprint density at radius 1 is 1.24 bits per heavy atom. The van der Waals surface area contributed by atoms with Crippen molar-refractivity contribution in [1.82, 2.24) is 4.57 Å². The molecule has 1 N–H and O–H groups in total. The highest BCUT2D eigenvalue weighted by atomic mass is 35.5. The number of nitro benzene ring substituents is 1. The number of carbonyl (C=O) groups is 1. The number of nitrogens with zero attached hydrogens (tertiary/aromatic N) is 2. The van der Waals surface area contributed by atoms with Gasteiger partial charge in [-0.05, 0) is 24.3 Å². The maximum atomic E-state index is 12.6. The summed E-state index contributed by atoms with van der Waals surface area (Å²) in [6, 6.07) is 10.4. The van der Waals surface area contributed by atoms with Crippen LogP contribution >= 0.6 is 11.6 Å². The molecule has 0 aliphatic heterocycles. The number of non-ortho nitro benzene ring substituents is 1. The molecule has 0 atom stereocenters. The first kappa shape index (κ1) is 16.7. The van der Waals surface area contributed by atoms with Gasteiger partial charge in [-0.2, -0.15) is 0 Å². The van der Waals surface area contributed by atoms with Crippen molar-refractivity contribution in [3.05, 3.63) is 79.6 Å². The van der Waals surface area contributed by atoms with Crippen molar-refractivity contribution in [2.24, 2.45) is 7.05 Å². The Hall–Kier alpha value is -3.19. The maximum absolute atomic E-state index is 12.6. The van der Waals surface area contributed by atoms with Gasteiger partial charge in [-0.1, -0.05) is 17.7 Å². The van der Waals surface area contributed by atoms with Gasteiger partial charge in [0, 0.05) is 41.5 Å². The Kier molecular flexibility index (Phi) is 4.24. The van der Waals surface area contributed by atoms with Crippen LogP contribution in [0, 0.1) is 10.1 Å². The molecule has 0 bridgehead atoms. The van der Waals surface area contributed by atoms with Crippen LogP contribution in [0.5, 0.6) is 0 Å². The van der Waals surface area contributed by atoms with Crippen molar-refractivity contribution in [1.29, 1.82) is 0 Å². The summed E-state index contributed by atoms with van der Waals surface area (Å²) < 4.78 is 1.65. The third-order valence-corrected chi connectivity index (χ3v) is 3.95. The van der Waals surface area contributed by atoms with Gasteiger partial charge in [0.25, 0.3) is 11.6 Å². The number of aryl methyl sites for hydroxylation is 1. The Balaban J connectivity index is 2.03. The zero-order valence-electron chi connectivity index (χ0n) is 13.0. The minimum absolute atomic E-state index is 0.0798. The van der Waals surface area contributed by atoms with Crippen molar-refractivity contribution < 1.29 is 9.72 Å². The number of benzene rings is 2. The van der Waals surface area contributed by atoms with Gasteiger partial charge < -0.3 is 9.88 Å². The van der Waals surface area contributed by atoms with E-state index >= 15 is 0 Å². The van der Waals surface area contributed by atoms with E-state index in [2.05, 4.69) is 5.32 Å². The molecule has 0 spiro atoms. The van der Waals surface area contributed by atoms with E-state index in [4.69, 9.17) is 11.6 Å². The first-order chi connectivity index (χ1) is 11.9. The highest BCUT2D eigenvalue weighted by Gasteiger charge is 2.16. The van der Waals surface area contributed by atoms with E-state index in [1.807, 2.05) is 0 Å². The van der Waals surface area contributed by atoms with Crippen molar-refractivity contribution in [2.45, 2.75) is 0 Å². The Labute approximate surface area is 146 Å². The van der Waals surface area contributed by atoms with Crippen LogP contribution in [0.4, 0.5) is 11.4 Å². The average molecular weight is 358 g/mol. The monoisotopic (exact) mass is 357 g/mol. The molecule has 2 aromatic carbocycles. The van der Waals surface area contributed by atoms with Gasteiger partial charge in [0.15, 0.2) is 0 Å². The summed E-state index contributed by atoms with van der Waals surface area (Å²) in [5.41, 5.74) is 0.173. The SMILES string of the molecule is Cn1cc(C(=O)Nc2cccc([N+](=O)[O-])c2)c(=O)c2cc(Cl)ccc21. The van der Waals surface area contributed by atoms with E-state index in [0.717, 1.165) is 0 Å². The molecule has 0 saturated carbocycles. The van der Waals surface area contributed by atoms with Gasteiger partial charge in [0.2, 0.25) is 5.43 Å². The van der Waals surface area contributed by atoms with Crippen LogP contribution in [0.15, 0.2) is 53.5 Å². The molecule has 126 valence electrons. The number of nitro groups is 1. The Morgan fingerprint density at radius 3 is 2.72 bits per heavy atom. The third-order valence-electron chi connectivity index (χ3n) is 3.71. The van der Waals surface area contributed by atoms with Crippen LogP contribution in [0.3, 0.4) is 0 Å². The van der Waals surface area contributed by atoms with Gasteiger partial charge >= 0.3 is 0 Å². The van der Waals surface area contributed by atoms with E-state index in [1.165, 1.54) is 36.5 Å². The number of rotatable bonds is 3. The molecule has 3 aromatic rings. The van der Waals surface area contributed by atoms with Crippen LogP contribution in [0.25, 0.3) is 10.9 Å². The van der Waals surface area contributed by atoms with Crippen LogP contribution in [-0.4, -0.2) is 15.4 Å². The van der Waals surface area contributed by atoms with Crippen LogP contribution < -0.4 is 10.7 Å². The highest BCUT2D eigenvalue weighted by Crippen LogP contribution is 2.19. The normalized spacial score (nSPS) is 10.6. The second-order valence-corrected chi connectivity index (χ2v) is 5.84. The number of amides is 1. The van der Waals surface area contributed by atoms with Crippen molar-refractivity contribution in [3.63, 3.8) is 0 Å². The minimum Gasteiger partial charge on any atom is -0.350 e. The fraction of sp³-hybridized carbons (Fsp3) is 0.0588. The number of halogens is 1. The summed E-state index contributed by atoms with van der Waals surface area (Å²) in [5, 5.41) is 14.0. The molecule has 1 heterocycles. The Morgan fingerprint density at radius 2 is 2.00 bits per heavy atom. The van der Waals surface area contributed by atoms with E-state index in [0.29, 0.717) is 15.9 Å². The molecule has 3 rings (SSSR count). The first-order valence-corrected chi connectivity index (χ1v) is 7.59. The lowest BCUT2D eigenvalue weighted by molar-refractivity contribution is -0.384. The molecule has 1 amide bonds. The number of anilines is 1. The minimum atomic E-state index is -0.650. The molecular formula is C17H12ClN3O4. The summed E-state index contributed by atoms with van der Waals surface area (Å²) >= 11 is 5.94. The van der Waals surface area contributed by atoms with Gasteiger partial charge in [0.05, 0.1) is 10.4 Å². The fourth-order valence-corrected chi connectivity index (χ4v) is 2.69. The molecule has 0 aliphatic carbocycles. The summed E-state index contributed by atoms with van der Waals surface area (Å²) in [7, 11) is 1.71. The number of hydrogen-bond donors (Lipinski definition) is 1. The number of hydrogen-bond acceptors (Lipinski definition) is 4. The lowest BCUT2D eigenvalue weighted by atomic mass is 10.1. The quantitative estimate of drug-likeness (QED) is 0.574. The van der Waals surface area contributed by atoms with E-state index in [-0.39, 0.29) is 16.9 Å². The zero-order chi connectivity index (χ0) is 18.1. The zero-order valence-corrected chi connectivity index (χ0v) is 13.8. The second kappa shape index (κ2) is 6.37. The topological polar surface area (TPSA) is 94.2 Å². The lowest BCUT2D eigenvalue weighted by Gasteiger charge is -2.10. The number of aromatic nitrogens is 1. The van der Waals surface area contributed by atoms with Gasteiger partial charge in [-0.25, -0.2) is 0 Å². The number of pyridine rings is 1. The molecule has 1 aromatic heterocycles. The molecule has 25 heavy (non-hydrogen) atoms. The largest absolute Gasteiger partial charge is 0.350 e. The van der Waals surface area contributed by atoms with E-state index in [9.17, 15) is 19.7 Å². The van der Waals surface area contributed by atoms with E-state index < -0.39 is 16.3 Å². The molecule has 0 fully saturated rings. The molecule has 0 unspecified atom stereocenters. The summed E-state index contributed by atoms with van der Waals surface area (Å²) in [6.07, 6.45) is 1.42. The number of carbonyl (C=O) groups excluding carboxylic acids is 1. The lowest BCUT2D eigenvalue weighted by Crippen LogP contribution is -2.23. The van der Waals surface area contributed by atoms with E-state index in [1.54, 1.807) is 23.7 Å². The fourth-order valence-electron chi connectivity index (χ4n) is 2.52. The number of fused-ring (bicyclic) bond motifs is 1. The molecule has 7 nitrogen and oxygen atoms in total. The van der Waals surface area contributed by atoms with Gasteiger partial charge in [-0.3, -0.25) is 19.7 Å². The smallest absolute Gasteiger partial charge is 0.271 e. The first-order valence-electron chi connectivity index (χ1n) is 7.21. The van der Waals surface area contributed by atoms with Gasteiger partial charge in [0.1, 0.15) is 5.56 Å². The number of nitrogens with one attached hydrogen (secondary N) is 1. The summed E-state index contributed by atoms with van der Waals surface area (Å²) in [5.74, 6) is -0.650. The molecule has 0 aliphatic rings. The molecule has 8 heteroatoms. The predicted molar refractivity (Wildman–Crippen MR) is 95.2 cm³/mol. The molecular weight excluding hydrogens is 346 g/mol. The maximum Gasteiger partial charge on any atom is 0.271 e. The second-order valence-electron chi connectivity index (χ2n) is 5.41. The van der Waals surface area contributed by atoms with Crippen molar-refractivity contribution >= 4 is 39.8 Å². The van der Waals surface area contributed by atoms with Crippen LogP contribution in [0.1, 0.15) is 10.4 Å². The van der Waals surface area contributed by atoms with Crippen LogP contribution in [-0.2, 0) is 7.05 Å². The Bertz CT molecular complexity index is 1080. The summed E-state index contributed by atoms with van der Waals surface area (Å²) in [4.78, 5) is 35.3. The summed E-state index contributed by atoms with van der Waals surface area (Å²) in [6.45, 7) is 0. The average Bonchev–Trinajstić information content (AvgIpc) is 2.58. The third kappa shape index (κ3) is 3.22. The predicted octanol–water partition coefficient (Wildman–Crippen LogP) is 3.35. The molecule has 0 radical (unpaired) electrons. The van der Waals surface area contributed by atoms with Crippen LogP contribution in [0.2, 0.25) is 5.02 Å². The van der Waals surface area contributed by atoms with Crippen molar-refractivity contribution in [3.8, 4) is 0 Å². The molecule has 0 saturated heterocycles. The van der Waals surface area contributed by atoms with Gasteiger partial charge in [-0.15, -0.1) is 0 Å². The van der Waals surface area contributed by atoms with Crippen molar-refractivity contribution in [2.75, 3.05) is 5.32 Å². The highest BCUT2D eigenvalue weighted by molar-refractivity contribution is 6.31. The standard InChI is InChI=1S/C17H12ClN3O4/c1-20-9-14(16(22)13-7-10(18)5-6-15(13)20)17(23)19-11-3-2-4-12(8-11)21(24)25/h2-9H,1H3,(H,19,23).